The molecular weight excluding hydrogens is 244 g/mol. The Morgan fingerprint density at radius 2 is 2.36 bits per heavy atom. The van der Waals surface area contributed by atoms with Gasteiger partial charge in [0.1, 0.15) is 5.69 Å². The summed E-state index contributed by atoms with van der Waals surface area (Å²) < 4.78 is 3.11. The van der Waals surface area contributed by atoms with E-state index in [1.807, 2.05) is 12.3 Å². The number of carbonyl (C=O) groups is 1. The molecule has 3 nitrogen and oxygen atoms in total. The molecule has 1 aliphatic heterocycles. The van der Waals surface area contributed by atoms with E-state index in [0.717, 1.165) is 23.0 Å². The fourth-order valence-corrected chi connectivity index (χ4v) is 2.97. The summed E-state index contributed by atoms with van der Waals surface area (Å²) in [4.78, 5) is 11.8. The normalized spacial score (nSPS) is 29.6. The van der Waals surface area contributed by atoms with Crippen molar-refractivity contribution in [3.8, 4) is 0 Å². The molecule has 3 rings (SSSR count). The lowest BCUT2D eigenvalue weighted by atomic mass is 10.2. The minimum absolute atomic E-state index is 0.0721. The van der Waals surface area contributed by atoms with Crippen LogP contribution < -0.4 is 5.32 Å². The highest BCUT2D eigenvalue weighted by Crippen LogP contribution is 2.35. The fourth-order valence-electron chi connectivity index (χ4n) is 2.53. The van der Waals surface area contributed by atoms with Crippen LogP contribution in [0.3, 0.4) is 0 Å². The minimum Gasteiger partial charge on any atom is -0.348 e. The van der Waals surface area contributed by atoms with Gasteiger partial charge in [0, 0.05) is 22.8 Å². The number of rotatable bonds is 0. The van der Waals surface area contributed by atoms with Crippen LogP contribution in [0.2, 0.25) is 0 Å². The van der Waals surface area contributed by atoms with E-state index in [1.165, 1.54) is 6.42 Å². The van der Waals surface area contributed by atoms with Gasteiger partial charge in [-0.05, 0) is 41.3 Å². The van der Waals surface area contributed by atoms with Gasteiger partial charge in [0.2, 0.25) is 0 Å². The number of nitrogens with one attached hydrogen (secondary N) is 1. The van der Waals surface area contributed by atoms with Crippen molar-refractivity contribution in [2.75, 3.05) is 0 Å². The monoisotopic (exact) mass is 254 g/mol. The van der Waals surface area contributed by atoms with Crippen LogP contribution in [0.4, 0.5) is 0 Å². The van der Waals surface area contributed by atoms with E-state index in [1.54, 1.807) is 0 Å². The van der Waals surface area contributed by atoms with Crippen LogP contribution in [0.1, 0.15) is 35.8 Å². The van der Waals surface area contributed by atoms with Gasteiger partial charge in [-0.1, -0.05) is 0 Å². The van der Waals surface area contributed by atoms with Gasteiger partial charge in [-0.3, -0.25) is 4.79 Å². The lowest BCUT2D eigenvalue weighted by Gasteiger charge is -2.13. The molecule has 2 atom stereocenters. The molecule has 2 aliphatic rings. The van der Waals surface area contributed by atoms with Crippen molar-refractivity contribution in [3.05, 3.63) is 22.4 Å². The van der Waals surface area contributed by atoms with Crippen LogP contribution in [0.5, 0.6) is 0 Å². The molecule has 74 valence electrons. The van der Waals surface area contributed by atoms with Crippen LogP contribution in [0.15, 0.2) is 16.7 Å². The predicted octanol–water partition coefficient (Wildman–Crippen LogP) is 2.09. The predicted molar refractivity (Wildman–Crippen MR) is 56.3 cm³/mol. The van der Waals surface area contributed by atoms with Crippen LogP contribution in [0, 0.1) is 0 Å². The SMILES string of the molecule is O=C1N[C@H]2CC[C@@H](C2)n2cc(Br)cc21. The quantitative estimate of drug-likeness (QED) is 0.756. The third-order valence-corrected chi connectivity index (χ3v) is 3.62. The molecule has 1 amide bonds. The summed E-state index contributed by atoms with van der Waals surface area (Å²) in [5.74, 6) is 0.0721. The highest BCUT2D eigenvalue weighted by Gasteiger charge is 2.33. The third-order valence-electron chi connectivity index (χ3n) is 3.18. The van der Waals surface area contributed by atoms with Crippen molar-refractivity contribution in [2.45, 2.75) is 31.3 Å². The molecule has 1 fully saturated rings. The standard InChI is InChI=1S/C10H11BrN2O/c11-6-3-9-10(14)12-7-1-2-8(4-7)13(9)5-6/h3,5,7-8H,1-2,4H2,(H,12,14)/t7-,8-/m0/s1. The van der Waals surface area contributed by atoms with Gasteiger partial charge in [-0.2, -0.15) is 0 Å². The molecule has 0 unspecified atom stereocenters. The summed E-state index contributed by atoms with van der Waals surface area (Å²) in [5.41, 5.74) is 0.795. The molecule has 14 heavy (non-hydrogen) atoms. The van der Waals surface area contributed by atoms with Crippen molar-refractivity contribution in [2.24, 2.45) is 0 Å². The summed E-state index contributed by atoms with van der Waals surface area (Å²) in [6, 6.07) is 2.81. The molecule has 1 aromatic rings. The van der Waals surface area contributed by atoms with Crippen molar-refractivity contribution < 1.29 is 4.79 Å². The fraction of sp³-hybridized carbons (Fsp3) is 0.500. The van der Waals surface area contributed by atoms with E-state index in [-0.39, 0.29) is 5.91 Å². The Bertz CT molecular complexity index is 399. The first-order chi connectivity index (χ1) is 6.74. The molecule has 2 heterocycles. The Kier molecular flexibility index (Phi) is 1.74. The highest BCUT2D eigenvalue weighted by molar-refractivity contribution is 9.10. The topological polar surface area (TPSA) is 34.0 Å². The molecular formula is C10H11BrN2O. The van der Waals surface area contributed by atoms with Gasteiger partial charge < -0.3 is 9.88 Å². The first kappa shape index (κ1) is 8.53. The molecule has 2 bridgehead atoms. The van der Waals surface area contributed by atoms with E-state index >= 15 is 0 Å². The second-order valence-corrected chi connectivity index (χ2v) is 5.00. The Hall–Kier alpha value is -0.770. The Morgan fingerprint density at radius 3 is 3.21 bits per heavy atom. The van der Waals surface area contributed by atoms with E-state index < -0.39 is 0 Å². The lowest BCUT2D eigenvalue weighted by molar-refractivity contribution is 0.0933. The maximum atomic E-state index is 11.8. The largest absolute Gasteiger partial charge is 0.348 e. The van der Waals surface area contributed by atoms with E-state index in [0.29, 0.717) is 12.1 Å². The Labute approximate surface area is 90.6 Å². The average molecular weight is 255 g/mol. The number of aromatic nitrogens is 1. The van der Waals surface area contributed by atoms with Crippen LogP contribution in [-0.4, -0.2) is 16.5 Å². The smallest absolute Gasteiger partial charge is 0.268 e. The lowest BCUT2D eigenvalue weighted by Crippen LogP contribution is -2.32. The highest BCUT2D eigenvalue weighted by atomic mass is 79.9. The van der Waals surface area contributed by atoms with E-state index in [2.05, 4.69) is 25.8 Å². The summed E-state index contributed by atoms with van der Waals surface area (Å²) in [6.45, 7) is 0. The van der Waals surface area contributed by atoms with Crippen molar-refractivity contribution in [1.29, 1.82) is 0 Å². The first-order valence-corrected chi connectivity index (χ1v) is 5.71. The molecule has 0 radical (unpaired) electrons. The molecule has 1 aliphatic carbocycles. The molecule has 0 aromatic carbocycles. The van der Waals surface area contributed by atoms with Gasteiger partial charge >= 0.3 is 0 Å². The summed E-state index contributed by atoms with van der Waals surface area (Å²) in [5, 5.41) is 3.06. The van der Waals surface area contributed by atoms with Crippen LogP contribution in [-0.2, 0) is 0 Å². The maximum Gasteiger partial charge on any atom is 0.268 e. The van der Waals surface area contributed by atoms with Gasteiger partial charge in [-0.15, -0.1) is 0 Å². The number of hydrogen-bond acceptors (Lipinski definition) is 1. The van der Waals surface area contributed by atoms with Gasteiger partial charge in [0.15, 0.2) is 0 Å². The molecule has 1 N–H and O–H groups in total. The van der Waals surface area contributed by atoms with Gasteiger partial charge in [0.05, 0.1) is 0 Å². The number of fused-ring (bicyclic) bond motifs is 4. The average Bonchev–Trinajstić information content (AvgIpc) is 2.68. The second kappa shape index (κ2) is 2.86. The zero-order valence-corrected chi connectivity index (χ0v) is 9.25. The summed E-state index contributed by atoms with van der Waals surface area (Å²) in [6.07, 6.45) is 5.40. The zero-order chi connectivity index (χ0) is 9.71. The number of hydrogen-bond donors (Lipinski definition) is 1. The first-order valence-electron chi connectivity index (χ1n) is 4.92. The molecule has 0 spiro atoms. The molecule has 1 aromatic heterocycles. The van der Waals surface area contributed by atoms with Gasteiger partial charge in [0.25, 0.3) is 5.91 Å². The van der Waals surface area contributed by atoms with E-state index in [4.69, 9.17) is 0 Å². The summed E-state index contributed by atoms with van der Waals surface area (Å²) in [7, 11) is 0. The molecule has 1 saturated carbocycles. The Balaban J connectivity index is 2.14. The number of amides is 1. The number of carbonyl (C=O) groups excluding carboxylic acids is 1. The van der Waals surface area contributed by atoms with E-state index in [9.17, 15) is 4.79 Å². The summed E-state index contributed by atoms with van der Waals surface area (Å²) >= 11 is 3.41. The third kappa shape index (κ3) is 1.13. The molecule has 0 saturated heterocycles. The number of halogens is 1. The van der Waals surface area contributed by atoms with Crippen molar-refractivity contribution in [1.82, 2.24) is 9.88 Å². The van der Waals surface area contributed by atoms with Crippen LogP contribution in [0.25, 0.3) is 0 Å². The van der Waals surface area contributed by atoms with Crippen molar-refractivity contribution >= 4 is 21.8 Å². The molecule has 4 heteroatoms. The van der Waals surface area contributed by atoms with Gasteiger partial charge in [-0.25, -0.2) is 0 Å². The van der Waals surface area contributed by atoms with Crippen molar-refractivity contribution in [3.63, 3.8) is 0 Å². The zero-order valence-electron chi connectivity index (χ0n) is 7.66. The number of nitrogens with zero attached hydrogens (tertiary/aromatic N) is 1. The second-order valence-electron chi connectivity index (χ2n) is 4.09. The Morgan fingerprint density at radius 1 is 1.50 bits per heavy atom. The van der Waals surface area contributed by atoms with Crippen LogP contribution >= 0.6 is 15.9 Å². The minimum atomic E-state index is 0.0721. The maximum absolute atomic E-state index is 11.8.